The molecule has 9 aromatic rings. The first kappa shape index (κ1) is 28.8. The van der Waals surface area contributed by atoms with Crippen LogP contribution in [-0.2, 0) is 0 Å². The molecule has 0 fully saturated rings. The summed E-state index contributed by atoms with van der Waals surface area (Å²) in [6.45, 7) is 0. The zero-order valence-electron chi connectivity index (χ0n) is 26.7. The minimum Gasteiger partial charge on any atom is -0.309 e. The van der Waals surface area contributed by atoms with Crippen LogP contribution in [0.4, 0.5) is 0 Å². The van der Waals surface area contributed by atoms with Crippen LogP contribution in [0.25, 0.3) is 77.2 Å². The number of hydrogen-bond acceptors (Lipinski definition) is 3. The van der Waals surface area contributed by atoms with E-state index in [1.54, 1.807) is 0 Å². The van der Waals surface area contributed by atoms with E-state index in [-0.39, 0.29) is 0 Å². The van der Waals surface area contributed by atoms with Gasteiger partial charge in [-0.05, 0) is 83.9 Å². The minimum absolute atomic E-state index is 0.582. The van der Waals surface area contributed by atoms with Gasteiger partial charge in [0.05, 0.1) is 62.7 Å². The second-order valence-electron chi connectivity index (χ2n) is 12.3. The molecule has 5 heteroatoms. The molecule has 0 aliphatic heterocycles. The van der Waals surface area contributed by atoms with Gasteiger partial charge in [-0.25, -0.2) is 0 Å². The minimum atomic E-state index is 0.582. The van der Waals surface area contributed by atoms with E-state index in [1.165, 1.54) is 0 Å². The Morgan fingerprint density at radius 2 is 0.980 bits per heavy atom. The Labute approximate surface area is 287 Å². The lowest BCUT2D eigenvalue weighted by molar-refractivity contribution is 1.18. The molecule has 50 heavy (non-hydrogen) atoms. The third kappa shape index (κ3) is 4.38. The zero-order valence-corrected chi connectivity index (χ0v) is 26.7. The molecule has 0 amide bonds. The highest BCUT2D eigenvalue weighted by molar-refractivity contribution is 6.11. The van der Waals surface area contributed by atoms with Gasteiger partial charge in [-0.1, -0.05) is 78.9 Å². The molecule has 5 nitrogen and oxygen atoms in total. The van der Waals surface area contributed by atoms with Crippen LogP contribution in [0, 0.1) is 34.0 Å². The van der Waals surface area contributed by atoms with E-state index in [1.807, 2.05) is 84.9 Å². The van der Waals surface area contributed by atoms with Gasteiger partial charge >= 0.3 is 0 Å². The summed E-state index contributed by atoms with van der Waals surface area (Å²) in [7, 11) is 0. The summed E-state index contributed by atoms with van der Waals surface area (Å²) in [4.78, 5) is 0. The zero-order chi connectivity index (χ0) is 33.8. The molecule has 9 rings (SSSR count). The number of benzene rings is 7. The molecular weight excluding hydrogens is 611 g/mol. The van der Waals surface area contributed by atoms with Crippen LogP contribution >= 0.6 is 0 Å². The number of para-hydroxylation sites is 3. The predicted molar refractivity (Wildman–Crippen MR) is 200 cm³/mol. The maximum Gasteiger partial charge on any atom is 0.0998 e. The molecule has 0 bridgehead atoms. The first-order valence-corrected chi connectivity index (χ1v) is 16.3. The van der Waals surface area contributed by atoms with Gasteiger partial charge in [0.1, 0.15) is 0 Å². The van der Waals surface area contributed by atoms with Crippen molar-refractivity contribution in [2.75, 3.05) is 0 Å². The molecule has 0 atom stereocenters. The van der Waals surface area contributed by atoms with E-state index >= 15 is 0 Å². The second-order valence-corrected chi connectivity index (χ2v) is 12.3. The van der Waals surface area contributed by atoms with E-state index in [0.717, 1.165) is 77.2 Å². The predicted octanol–water partition coefficient (Wildman–Crippen LogP) is 10.8. The van der Waals surface area contributed by atoms with Crippen molar-refractivity contribution in [2.45, 2.75) is 0 Å². The number of fused-ring (bicyclic) bond motifs is 6. The van der Waals surface area contributed by atoms with Gasteiger partial charge in [0.25, 0.3) is 0 Å². The fourth-order valence-corrected chi connectivity index (χ4v) is 7.36. The SMILES string of the molecule is N#Cc1ccc2c(c1)c1ccccc1n2-c1ccc(-c2ccc(C#N)c(-c3ccccc3-n3c4ccccc4c4ccc(C#N)cc43)c2)cc1. The Morgan fingerprint density at radius 1 is 0.380 bits per heavy atom. The van der Waals surface area contributed by atoms with E-state index in [2.05, 4.69) is 94.1 Å². The standard InChI is InChI=1S/C45H25N5/c46-26-29-14-22-44-40(23-29)37-9-3-4-10-41(37)49(44)34-19-17-31(18-20-34)32-15-16-33(28-48)39(25-32)36-8-2-6-12-43(36)50-42-11-5-1-7-35(42)38-21-13-30(27-47)24-45(38)50/h1-25H. The Hall–Kier alpha value is -7.39. The van der Waals surface area contributed by atoms with Crippen LogP contribution in [0.2, 0.25) is 0 Å². The number of rotatable bonds is 4. The van der Waals surface area contributed by atoms with Crippen LogP contribution in [-0.4, -0.2) is 9.13 Å². The summed E-state index contributed by atoms with van der Waals surface area (Å²) in [6, 6.07) is 57.8. The van der Waals surface area contributed by atoms with Gasteiger partial charge in [0.2, 0.25) is 0 Å². The molecule has 230 valence electrons. The molecule has 0 aliphatic carbocycles. The monoisotopic (exact) mass is 635 g/mol. The summed E-state index contributed by atoms with van der Waals surface area (Å²) in [5.74, 6) is 0. The Balaban J connectivity index is 1.19. The largest absolute Gasteiger partial charge is 0.309 e. The summed E-state index contributed by atoms with van der Waals surface area (Å²) in [5.41, 5.74) is 11.6. The molecule has 0 spiro atoms. The molecule has 0 N–H and O–H groups in total. The highest BCUT2D eigenvalue weighted by Crippen LogP contribution is 2.39. The molecule has 2 heterocycles. The van der Waals surface area contributed by atoms with E-state index < -0.39 is 0 Å². The lowest BCUT2D eigenvalue weighted by Gasteiger charge is -2.16. The van der Waals surface area contributed by atoms with E-state index in [9.17, 15) is 15.8 Å². The van der Waals surface area contributed by atoms with Gasteiger partial charge in [0, 0.05) is 38.4 Å². The first-order chi connectivity index (χ1) is 24.7. The number of nitrogens with zero attached hydrogens (tertiary/aromatic N) is 5. The lowest BCUT2D eigenvalue weighted by atomic mass is 9.94. The van der Waals surface area contributed by atoms with Crippen molar-refractivity contribution in [3.63, 3.8) is 0 Å². The Morgan fingerprint density at radius 3 is 1.74 bits per heavy atom. The van der Waals surface area contributed by atoms with Crippen molar-refractivity contribution >= 4 is 43.6 Å². The summed E-state index contributed by atoms with van der Waals surface area (Å²) < 4.78 is 4.44. The van der Waals surface area contributed by atoms with E-state index in [0.29, 0.717) is 16.7 Å². The van der Waals surface area contributed by atoms with Crippen LogP contribution in [0.3, 0.4) is 0 Å². The van der Waals surface area contributed by atoms with Crippen LogP contribution in [0.1, 0.15) is 16.7 Å². The van der Waals surface area contributed by atoms with Gasteiger partial charge in [-0.3, -0.25) is 0 Å². The normalized spacial score (nSPS) is 11.1. The summed E-state index contributed by atoms with van der Waals surface area (Å²) >= 11 is 0. The fourth-order valence-electron chi connectivity index (χ4n) is 7.36. The number of aromatic nitrogens is 2. The maximum absolute atomic E-state index is 10.3. The van der Waals surface area contributed by atoms with Crippen molar-refractivity contribution in [1.29, 1.82) is 15.8 Å². The average molecular weight is 636 g/mol. The topological polar surface area (TPSA) is 81.2 Å². The summed E-state index contributed by atoms with van der Waals surface area (Å²) in [5, 5.41) is 33.9. The highest BCUT2D eigenvalue weighted by Gasteiger charge is 2.18. The lowest BCUT2D eigenvalue weighted by Crippen LogP contribution is -1.99. The third-order valence-electron chi connectivity index (χ3n) is 9.64. The van der Waals surface area contributed by atoms with Crippen molar-refractivity contribution in [1.82, 2.24) is 9.13 Å². The van der Waals surface area contributed by atoms with Crippen molar-refractivity contribution < 1.29 is 0 Å². The van der Waals surface area contributed by atoms with Crippen LogP contribution in [0.15, 0.2) is 152 Å². The molecule has 0 aliphatic rings. The molecular formula is C45H25N5. The first-order valence-electron chi connectivity index (χ1n) is 16.3. The third-order valence-corrected chi connectivity index (χ3v) is 9.64. The molecule has 0 unspecified atom stereocenters. The molecule has 0 radical (unpaired) electrons. The van der Waals surface area contributed by atoms with Gasteiger partial charge in [0.15, 0.2) is 0 Å². The second kappa shape index (κ2) is 11.4. The van der Waals surface area contributed by atoms with Crippen molar-refractivity contribution in [3.8, 4) is 51.8 Å². The highest BCUT2D eigenvalue weighted by atomic mass is 15.0. The quantitative estimate of drug-likeness (QED) is 0.193. The van der Waals surface area contributed by atoms with Crippen molar-refractivity contribution in [3.05, 3.63) is 168 Å². The molecule has 2 aromatic heterocycles. The molecule has 0 saturated heterocycles. The average Bonchev–Trinajstić information content (AvgIpc) is 3.69. The maximum atomic E-state index is 10.3. The van der Waals surface area contributed by atoms with Crippen molar-refractivity contribution in [2.24, 2.45) is 0 Å². The van der Waals surface area contributed by atoms with Gasteiger partial charge in [-0.15, -0.1) is 0 Å². The number of hydrogen-bond donors (Lipinski definition) is 0. The van der Waals surface area contributed by atoms with Gasteiger partial charge in [-0.2, -0.15) is 15.8 Å². The summed E-state index contributed by atoms with van der Waals surface area (Å²) in [6.07, 6.45) is 0. The molecule has 7 aromatic carbocycles. The van der Waals surface area contributed by atoms with E-state index in [4.69, 9.17) is 0 Å². The van der Waals surface area contributed by atoms with Crippen LogP contribution < -0.4 is 0 Å². The Bertz CT molecular complexity index is 2960. The smallest absolute Gasteiger partial charge is 0.0998 e. The molecule has 0 saturated carbocycles. The van der Waals surface area contributed by atoms with Crippen LogP contribution in [0.5, 0.6) is 0 Å². The fraction of sp³-hybridized carbons (Fsp3) is 0. The Kier molecular flexibility index (Phi) is 6.56. The number of nitriles is 3. The van der Waals surface area contributed by atoms with Gasteiger partial charge < -0.3 is 9.13 Å².